The summed E-state index contributed by atoms with van der Waals surface area (Å²) < 4.78 is 5.64. The summed E-state index contributed by atoms with van der Waals surface area (Å²) in [5.74, 6) is 0. The van der Waals surface area contributed by atoms with Gasteiger partial charge in [0.2, 0.25) is 0 Å². The molecule has 0 spiro atoms. The van der Waals surface area contributed by atoms with Crippen molar-refractivity contribution >= 4 is 0 Å². The molecule has 3 nitrogen and oxygen atoms in total. The molecule has 0 rings (SSSR count). The van der Waals surface area contributed by atoms with Crippen LogP contribution in [0.5, 0.6) is 0 Å². The van der Waals surface area contributed by atoms with E-state index in [1.165, 1.54) is 0 Å². The highest BCUT2D eigenvalue weighted by Gasteiger charge is 2.15. The van der Waals surface area contributed by atoms with Crippen molar-refractivity contribution in [3.8, 4) is 0 Å². The van der Waals surface area contributed by atoms with Crippen molar-refractivity contribution in [3.63, 3.8) is 0 Å². The molecule has 3 heteroatoms. The predicted molar refractivity (Wildman–Crippen MR) is 71.0 cm³/mol. The van der Waals surface area contributed by atoms with Gasteiger partial charge in [0.25, 0.3) is 0 Å². The Morgan fingerprint density at radius 1 is 1.00 bits per heavy atom. The van der Waals surface area contributed by atoms with Crippen LogP contribution in [-0.4, -0.2) is 61.8 Å². The Morgan fingerprint density at radius 2 is 1.50 bits per heavy atom. The SMILES string of the molecule is CC(C)N(C)CCOCCN(C)C(C)(C)C. The second kappa shape index (κ2) is 7.25. The van der Waals surface area contributed by atoms with Crippen LogP contribution in [-0.2, 0) is 4.74 Å². The molecule has 0 aromatic rings. The maximum atomic E-state index is 5.64. The molecule has 0 aliphatic heterocycles. The monoisotopic (exact) mass is 230 g/mol. The summed E-state index contributed by atoms with van der Waals surface area (Å²) in [5.41, 5.74) is 0.234. The lowest BCUT2D eigenvalue weighted by molar-refractivity contribution is 0.0666. The van der Waals surface area contributed by atoms with E-state index < -0.39 is 0 Å². The van der Waals surface area contributed by atoms with E-state index in [2.05, 4.69) is 58.5 Å². The highest BCUT2D eigenvalue weighted by atomic mass is 16.5. The molecular weight excluding hydrogens is 200 g/mol. The lowest BCUT2D eigenvalue weighted by Gasteiger charge is -2.31. The molecule has 98 valence electrons. The molecule has 0 saturated carbocycles. The minimum Gasteiger partial charge on any atom is -0.379 e. The summed E-state index contributed by atoms with van der Waals surface area (Å²) in [6.45, 7) is 14.7. The van der Waals surface area contributed by atoms with E-state index in [0.29, 0.717) is 6.04 Å². The van der Waals surface area contributed by atoms with Crippen LogP contribution in [0.15, 0.2) is 0 Å². The van der Waals surface area contributed by atoms with Gasteiger partial charge in [0.05, 0.1) is 13.2 Å². The summed E-state index contributed by atoms with van der Waals surface area (Å²) in [6.07, 6.45) is 0. The van der Waals surface area contributed by atoms with Crippen molar-refractivity contribution in [3.05, 3.63) is 0 Å². The third-order valence-corrected chi connectivity index (χ3v) is 3.19. The molecule has 0 bridgehead atoms. The third kappa shape index (κ3) is 7.20. The van der Waals surface area contributed by atoms with Crippen LogP contribution < -0.4 is 0 Å². The van der Waals surface area contributed by atoms with Crippen LogP contribution in [0.1, 0.15) is 34.6 Å². The first-order valence-electron chi connectivity index (χ1n) is 6.24. The van der Waals surface area contributed by atoms with Gasteiger partial charge in [-0.25, -0.2) is 0 Å². The van der Waals surface area contributed by atoms with Crippen LogP contribution >= 0.6 is 0 Å². The van der Waals surface area contributed by atoms with Crippen molar-refractivity contribution < 1.29 is 4.74 Å². The summed E-state index contributed by atoms with van der Waals surface area (Å²) in [6, 6.07) is 0.598. The van der Waals surface area contributed by atoms with Crippen LogP contribution in [0.2, 0.25) is 0 Å². The highest BCUT2D eigenvalue weighted by molar-refractivity contribution is 4.72. The van der Waals surface area contributed by atoms with Crippen LogP contribution in [0, 0.1) is 0 Å². The zero-order valence-electron chi connectivity index (χ0n) is 12.2. The fourth-order valence-corrected chi connectivity index (χ4v) is 1.11. The lowest BCUT2D eigenvalue weighted by Crippen LogP contribution is -2.40. The number of nitrogens with zero attached hydrogens (tertiary/aromatic N) is 2. The molecule has 0 amide bonds. The molecule has 0 N–H and O–H groups in total. The Morgan fingerprint density at radius 3 is 1.94 bits per heavy atom. The van der Waals surface area contributed by atoms with Crippen molar-refractivity contribution in [1.82, 2.24) is 9.80 Å². The maximum Gasteiger partial charge on any atom is 0.0594 e. The van der Waals surface area contributed by atoms with Gasteiger partial charge in [0, 0.05) is 24.7 Å². The van der Waals surface area contributed by atoms with E-state index in [-0.39, 0.29) is 5.54 Å². The Bertz CT molecular complexity index is 175. The van der Waals surface area contributed by atoms with Gasteiger partial charge in [-0.05, 0) is 48.7 Å². The van der Waals surface area contributed by atoms with E-state index in [4.69, 9.17) is 4.74 Å². The van der Waals surface area contributed by atoms with Gasteiger partial charge in [0.1, 0.15) is 0 Å². The van der Waals surface area contributed by atoms with Gasteiger partial charge < -0.3 is 9.64 Å². The van der Waals surface area contributed by atoms with Gasteiger partial charge in [-0.1, -0.05) is 0 Å². The first-order chi connectivity index (χ1) is 7.25. The Kier molecular flexibility index (Phi) is 7.20. The molecule has 0 saturated heterocycles. The number of ether oxygens (including phenoxy) is 1. The van der Waals surface area contributed by atoms with Crippen LogP contribution in [0.4, 0.5) is 0 Å². The molecule has 16 heavy (non-hydrogen) atoms. The number of hydrogen-bond donors (Lipinski definition) is 0. The van der Waals surface area contributed by atoms with E-state index in [9.17, 15) is 0 Å². The van der Waals surface area contributed by atoms with Gasteiger partial charge in [-0.15, -0.1) is 0 Å². The summed E-state index contributed by atoms with van der Waals surface area (Å²) >= 11 is 0. The maximum absolute atomic E-state index is 5.64. The molecule has 0 heterocycles. The Hall–Kier alpha value is -0.120. The molecule has 0 aliphatic rings. The molecular formula is C13H30N2O. The smallest absolute Gasteiger partial charge is 0.0594 e. The van der Waals surface area contributed by atoms with Gasteiger partial charge in [-0.3, -0.25) is 4.90 Å². The quantitative estimate of drug-likeness (QED) is 0.623. The normalized spacial score (nSPS) is 13.1. The van der Waals surface area contributed by atoms with E-state index in [1.807, 2.05) is 0 Å². The average molecular weight is 230 g/mol. The highest BCUT2D eigenvalue weighted by Crippen LogP contribution is 2.09. The molecule has 0 unspecified atom stereocenters. The minimum atomic E-state index is 0.234. The average Bonchev–Trinajstić information content (AvgIpc) is 2.14. The fraction of sp³-hybridized carbons (Fsp3) is 1.00. The molecule has 0 radical (unpaired) electrons. The van der Waals surface area contributed by atoms with Crippen LogP contribution in [0.25, 0.3) is 0 Å². The molecule has 0 fully saturated rings. The molecule has 0 aromatic heterocycles. The largest absolute Gasteiger partial charge is 0.379 e. The van der Waals surface area contributed by atoms with E-state index >= 15 is 0 Å². The summed E-state index contributed by atoms with van der Waals surface area (Å²) in [5, 5.41) is 0. The van der Waals surface area contributed by atoms with Crippen molar-refractivity contribution in [1.29, 1.82) is 0 Å². The van der Waals surface area contributed by atoms with Crippen LogP contribution in [0.3, 0.4) is 0 Å². The van der Waals surface area contributed by atoms with Crippen molar-refractivity contribution in [2.24, 2.45) is 0 Å². The second-order valence-corrected chi connectivity index (χ2v) is 5.78. The topological polar surface area (TPSA) is 15.7 Å². The molecule has 0 aliphatic carbocycles. The summed E-state index contributed by atoms with van der Waals surface area (Å²) in [4.78, 5) is 4.62. The van der Waals surface area contributed by atoms with Crippen molar-refractivity contribution in [2.45, 2.75) is 46.2 Å². The first kappa shape index (κ1) is 15.9. The second-order valence-electron chi connectivity index (χ2n) is 5.78. The first-order valence-corrected chi connectivity index (χ1v) is 6.24. The molecule has 0 aromatic carbocycles. The van der Waals surface area contributed by atoms with E-state index in [0.717, 1.165) is 26.3 Å². The third-order valence-electron chi connectivity index (χ3n) is 3.19. The Balaban J connectivity index is 3.48. The number of likely N-dealkylation sites (N-methyl/N-ethyl adjacent to an activating group) is 2. The predicted octanol–water partition coefficient (Wildman–Crippen LogP) is 2.07. The van der Waals surface area contributed by atoms with Gasteiger partial charge in [0.15, 0.2) is 0 Å². The lowest BCUT2D eigenvalue weighted by atomic mass is 10.1. The minimum absolute atomic E-state index is 0.234. The number of hydrogen-bond acceptors (Lipinski definition) is 3. The zero-order valence-corrected chi connectivity index (χ0v) is 12.2. The Labute approximate surface area is 102 Å². The van der Waals surface area contributed by atoms with Crippen molar-refractivity contribution in [2.75, 3.05) is 40.4 Å². The standard InChI is InChI=1S/C13H30N2O/c1-12(2)14(6)8-10-16-11-9-15(7)13(3,4)5/h12H,8-11H2,1-7H3. The number of rotatable bonds is 7. The molecule has 0 atom stereocenters. The van der Waals surface area contributed by atoms with E-state index in [1.54, 1.807) is 0 Å². The zero-order chi connectivity index (χ0) is 12.8. The summed E-state index contributed by atoms with van der Waals surface area (Å²) in [7, 11) is 4.28. The fourth-order valence-electron chi connectivity index (χ4n) is 1.11. The van der Waals surface area contributed by atoms with Gasteiger partial charge >= 0.3 is 0 Å². The van der Waals surface area contributed by atoms with Gasteiger partial charge in [-0.2, -0.15) is 0 Å².